The Hall–Kier alpha value is -1.50. The number of imidazole rings is 1. The third-order valence-electron chi connectivity index (χ3n) is 7.15. The van der Waals surface area contributed by atoms with E-state index in [1.807, 2.05) is 12.1 Å². The second-order valence-corrected chi connectivity index (χ2v) is 9.91. The molecule has 0 radical (unpaired) electrons. The van der Waals surface area contributed by atoms with Gasteiger partial charge in [0.05, 0.1) is 21.1 Å². The summed E-state index contributed by atoms with van der Waals surface area (Å²) < 4.78 is 2.27. The van der Waals surface area contributed by atoms with Crippen molar-refractivity contribution in [1.29, 1.82) is 0 Å². The number of hydrogen-bond acceptors (Lipinski definition) is 4. The van der Waals surface area contributed by atoms with Crippen LogP contribution in [-0.4, -0.2) is 59.1 Å². The molecule has 1 aliphatic carbocycles. The lowest BCUT2D eigenvalue weighted by molar-refractivity contribution is -0.126. The summed E-state index contributed by atoms with van der Waals surface area (Å²) >= 11 is 12.6. The van der Waals surface area contributed by atoms with Crippen LogP contribution in [0.15, 0.2) is 12.1 Å². The zero-order valence-electron chi connectivity index (χ0n) is 19.2. The van der Waals surface area contributed by atoms with Crippen LogP contribution in [0.1, 0.15) is 52.4 Å². The summed E-state index contributed by atoms with van der Waals surface area (Å²) in [5, 5.41) is 4.36. The molecule has 1 amide bonds. The maximum atomic E-state index is 12.7. The zero-order chi connectivity index (χ0) is 22.7. The highest BCUT2D eigenvalue weighted by Gasteiger charge is 2.29. The number of rotatable bonds is 8. The molecular formula is C24H35Cl2N5O. The number of carbonyl (C=O) groups is 1. The molecule has 1 aliphatic heterocycles. The zero-order valence-corrected chi connectivity index (χ0v) is 20.8. The Kier molecular flexibility index (Phi) is 7.85. The molecule has 0 unspecified atom stereocenters. The normalized spacial score (nSPS) is 18.2. The Bertz CT molecular complexity index is 928. The van der Waals surface area contributed by atoms with E-state index >= 15 is 0 Å². The summed E-state index contributed by atoms with van der Waals surface area (Å²) in [6.07, 6.45) is 6.46. The van der Waals surface area contributed by atoms with E-state index in [0.717, 1.165) is 81.9 Å². The fourth-order valence-electron chi connectivity index (χ4n) is 5.08. The first-order chi connectivity index (χ1) is 15.5. The second-order valence-electron chi connectivity index (χ2n) is 9.10. The molecule has 0 spiro atoms. The van der Waals surface area contributed by atoms with Crippen LogP contribution in [0.4, 0.5) is 5.95 Å². The predicted octanol–water partition coefficient (Wildman–Crippen LogP) is 4.96. The van der Waals surface area contributed by atoms with Gasteiger partial charge in [-0.25, -0.2) is 4.98 Å². The standard InChI is InChI=1S/C24H35Cl2N5O/c1-3-29(4-2)13-14-31-22-16-20(26)19(25)15-21(22)28-24(31)30-11-9-17(10-12-30)23(32)27-18-7-5-6-8-18/h15-18H,3-14H2,1-2H3,(H,27,32). The Morgan fingerprint density at radius 3 is 2.41 bits per heavy atom. The molecule has 176 valence electrons. The first kappa shape index (κ1) is 23.7. The molecule has 6 nitrogen and oxygen atoms in total. The van der Waals surface area contributed by atoms with Crippen molar-refractivity contribution in [3.8, 4) is 0 Å². The molecule has 2 fully saturated rings. The number of nitrogens with one attached hydrogen (secondary N) is 1. The molecule has 0 atom stereocenters. The second kappa shape index (κ2) is 10.6. The fraction of sp³-hybridized carbons (Fsp3) is 0.667. The van der Waals surface area contributed by atoms with E-state index in [2.05, 4.69) is 33.5 Å². The van der Waals surface area contributed by atoms with Crippen LogP contribution in [0.5, 0.6) is 0 Å². The van der Waals surface area contributed by atoms with Crippen molar-refractivity contribution >= 4 is 46.1 Å². The number of halogens is 2. The number of piperidine rings is 1. The summed E-state index contributed by atoms with van der Waals surface area (Å²) in [4.78, 5) is 22.4. The number of aromatic nitrogens is 2. The van der Waals surface area contributed by atoms with Gasteiger partial charge in [-0.3, -0.25) is 4.79 Å². The fourth-order valence-corrected chi connectivity index (χ4v) is 5.40. The van der Waals surface area contributed by atoms with E-state index < -0.39 is 0 Å². The smallest absolute Gasteiger partial charge is 0.223 e. The van der Waals surface area contributed by atoms with Crippen LogP contribution in [0.2, 0.25) is 10.0 Å². The first-order valence-electron chi connectivity index (χ1n) is 12.1. The number of benzene rings is 1. The molecule has 2 aliphatic rings. The molecule has 8 heteroatoms. The van der Waals surface area contributed by atoms with Gasteiger partial charge in [0, 0.05) is 38.1 Å². The minimum absolute atomic E-state index is 0.101. The maximum absolute atomic E-state index is 12.7. The SMILES string of the molecule is CCN(CC)CCn1c(N2CCC(C(=O)NC3CCCC3)CC2)nc2cc(Cl)c(Cl)cc21. The third kappa shape index (κ3) is 5.18. The number of carbonyl (C=O) groups excluding carboxylic acids is 1. The molecule has 4 rings (SSSR count). The Labute approximate surface area is 201 Å². The molecule has 1 aromatic heterocycles. The van der Waals surface area contributed by atoms with Gasteiger partial charge in [0.1, 0.15) is 0 Å². The van der Waals surface area contributed by atoms with Crippen LogP contribution < -0.4 is 10.2 Å². The Balaban J connectivity index is 1.50. The number of amides is 1. The summed E-state index contributed by atoms with van der Waals surface area (Å²) in [7, 11) is 0. The lowest BCUT2D eigenvalue weighted by Gasteiger charge is -2.33. The minimum atomic E-state index is 0.101. The molecule has 2 aromatic rings. The number of anilines is 1. The van der Waals surface area contributed by atoms with Crippen molar-refractivity contribution in [3.05, 3.63) is 22.2 Å². The van der Waals surface area contributed by atoms with Gasteiger partial charge in [-0.05, 0) is 50.9 Å². The van der Waals surface area contributed by atoms with E-state index in [1.165, 1.54) is 12.8 Å². The van der Waals surface area contributed by atoms with E-state index in [4.69, 9.17) is 28.2 Å². The average molecular weight is 480 g/mol. The van der Waals surface area contributed by atoms with Crippen molar-refractivity contribution in [2.75, 3.05) is 37.6 Å². The number of hydrogen-bond donors (Lipinski definition) is 1. The van der Waals surface area contributed by atoms with Gasteiger partial charge in [-0.15, -0.1) is 0 Å². The van der Waals surface area contributed by atoms with Crippen LogP contribution >= 0.6 is 23.2 Å². The predicted molar refractivity (Wildman–Crippen MR) is 133 cm³/mol. The molecule has 1 N–H and O–H groups in total. The van der Waals surface area contributed by atoms with Gasteiger partial charge in [-0.1, -0.05) is 49.9 Å². The molecule has 32 heavy (non-hydrogen) atoms. The van der Waals surface area contributed by atoms with Crippen molar-refractivity contribution in [2.45, 2.75) is 65.0 Å². The lowest BCUT2D eigenvalue weighted by atomic mass is 9.95. The van der Waals surface area contributed by atoms with Gasteiger partial charge in [0.15, 0.2) is 0 Å². The van der Waals surface area contributed by atoms with Gasteiger partial charge in [-0.2, -0.15) is 0 Å². The minimum Gasteiger partial charge on any atom is -0.353 e. The summed E-state index contributed by atoms with van der Waals surface area (Å²) in [5.41, 5.74) is 1.89. The van der Waals surface area contributed by atoms with Crippen molar-refractivity contribution in [3.63, 3.8) is 0 Å². The van der Waals surface area contributed by atoms with Crippen molar-refractivity contribution in [1.82, 2.24) is 19.8 Å². The van der Waals surface area contributed by atoms with Gasteiger partial charge < -0.3 is 19.7 Å². The Morgan fingerprint density at radius 2 is 1.75 bits per heavy atom. The van der Waals surface area contributed by atoms with E-state index in [0.29, 0.717) is 16.1 Å². The van der Waals surface area contributed by atoms with Gasteiger partial charge in [0.25, 0.3) is 0 Å². The van der Waals surface area contributed by atoms with Crippen molar-refractivity contribution in [2.24, 2.45) is 5.92 Å². The first-order valence-corrected chi connectivity index (χ1v) is 12.9. The number of likely N-dealkylation sites (N-methyl/N-ethyl adjacent to an activating group) is 1. The topological polar surface area (TPSA) is 53.4 Å². The molecule has 0 bridgehead atoms. The average Bonchev–Trinajstić information content (AvgIpc) is 3.43. The van der Waals surface area contributed by atoms with Crippen LogP contribution in [0, 0.1) is 5.92 Å². The van der Waals surface area contributed by atoms with Gasteiger partial charge in [0.2, 0.25) is 11.9 Å². The maximum Gasteiger partial charge on any atom is 0.223 e. The van der Waals surface area contributed by atoms with Crippen LogP contribution in [0.25, 0.3) is 11.0 Å². The van der Waals surface area contributed by atoms with Crippen molar-refractivity contribution < 1.29 is 4.79 Å². The molecule has 1 saturated heterocycles. The summed E-state index contributed by atoms with van der Waals surface area (Å²) in [6.45, 7) is 9.87. The monoisotopic (exact) mass is 479 g/mol. The van der Waals surface area contributed by atoms with Crippen LogP contribution in [0.3, 0.4) is 0 Å². The highest BCUT2D eigenvalue weighted by Crippen LogP contribution is 2.32. The highest BCUT2D eigenvalue weighted by molar-refractivity contribution is 6.42. The number of fused-ring (bicyclic) bond motifs is 1. The van der Waals surface area contributed by atoms with Crippen LogP contribution in [-0.2, 0) is 11.3 Å². The van der Waals surface area contributed by atoms with E-state index in [-0.39, 0.29) is 11.8 Å². The largest absolute Gasteiger partial charge is 0.353 e. The molecule has 2 heterocycles. The molecule has 1 saturated carbocycles. The van der Waals surface area contributed by atoms with Gasteiger partial charge >= 0.3 is 0 Å². The lowest BCUT2D eigenvalue weighted by Crippen LogP contribution is -2.44. The van der Waals surface area contributed by atoms with E-state index in [1.54, 1.807) is 0 Å². The quantitative estimate of drug-likeness (QED) is 0.581. The number of nitrogens with zero attached hydrogens (tertiary/aromatic N) is 4. The summed E-state index contributed by atoms with van der Waals surface area (Å²) in [6, 6.07) is 4.18. The van der Waals surface area contributed by atoms with E-state index in [9.17, 15) is 4.79 Å². The summed E-state index contributed by atoms with van der Waals surface area (Å²) in [5.74, 6) is 1.30. The third-order valence-corrected chi connectivity index (χ3v) is 7.88. The molecule has 1 aromatic carbocycles. The Morgan fingerprint density at radius 1 is 1.09 bits per heavy atom. The highest BCUT2D eigenvalue weighted by atomic mass is 35.5. The molecular weight excluding hydrogens is 445 g/mol.